The van der Waals surface area contributed by atoms with Crippen molar-refractivity contribution in [2.24, 2.45) is 0 Å². The highest BCUT2D eigenvalue weighted by Gasteiger charge is 2.38. The van der Waals surface area contributed by atoms with Crippen molar-refractivity contribution in [2.75, 3.05) is 7.11 Å². The summed E-state index contributed by atoms with van der Waals surface area (Å²) in [4.78, 5) is 10.6. The molecule has 4 nitrogen and oxygen atoms in total. The van der Waals surface area contributed by atoms with Crippen LogP contribution in [-0.2, 0) is 11.2 Å². The van der Waals surface area contributed by atoms with E-state index in [1.165, 1.54) is 12.5 Å². The second-order valence-corrected chi connectivity index (χ2v) is 5.75. The van der Waals surface area contributed by atoms with Crippen LogP contribution in [-0.4, -0.2) is 23.0 Å². The molecule has 1 saturated carbocycles. The first kappa shape index (κ1) is 14.3. The van der Waals surface area contributed by atoms with Gasteiger partial charge in [0.15, 0.2) is 0 Å². The Morgan fingerprint density at radius 3 is 2.68 bits per heavy atom. The van der Waals surface area contributed by atoms with Crippen LogP contribution < -0.4 is 0 Å². The van der Waals surface area contributed by atoms with Gasteiger partial charge in [-0.3, -0.25) is 10.1 Å². The Morgan fingerprint density at radius 1 is 1.47 bits per heavy atom. The lowest BCUT2D eigenvalue weighted by atomic mass is 9.76. The summed E-state index contributed by atoms with van der Waals surface area (Å²) in [5.41, 5.74) is 0.738. The summed E-state index contributed by atoms with van der Waals surface area (Å²) in [5, 5.41) is 10.8. The number of methoxy groups -OCH3 is 1. The maximum atomic E-state index is 10.9. The summed E-state index contributed by atoms with van der Waals surface area (Å²) in [6, 6.07) is 6.77. The Morgan fingerprint density at radius 2 is 2.16 bits per heavy atom. The Balaban J connectivity index is 2.02. The predicted molar refractivity (Wildman–Crippen MR) is 74.6 cm³/mol. The maximum Gasteiger partial charge on any atom is 0.272 e. The van der Waals surface area contributed by atoms with Gasteiger partial charge in [-0.15, -0.1) is 11.6 Å². The van der Waals surface area contributed by atoms with Gasteiger partial charge in [-0.25, -0.2) is 0 Å². The van der Waals surface area contributed by atoms with Crippen molar-refractivity contribution in [3.8, 4) is 0 Å². The van der Waals surface area contributed by atoms with Gasteiger partial charge in [0.05, 0.1) is 10.5 Å². The number of nitro groups is 1. The highest BCUT2D eigenvalue weighted by Crippen LogP contribution is 2.40. The summed E-state index contributed by atoms with van der Waals surface area (Å²) in [6.07, 6.45) is 4.48. The molecule has 19 heavy (non-hydrogen) atoms. The van der Waals surface area contributed by atoms with Gasteiger partial charge in [0.2, 0.25) is 0 Å². The number of halogens is 1. The number of para-hydroxylation sites is 1. The van der Waals surface area contributed by atoms with Crippen molar-refractivity contribution in [1.29, 1.82) is 0 Å². The van der Waals surface area contributed by atoms with Gasteiger partial charge < -0.3 is 4.74 Å². The van der Waals surface area contributed by atoms with Crippen LogP contribution in [0, 0.1) is 10.1 Å². The molecule has 0 aromatic heterocycles. The molecule has 1 aliphatic carbocycles. The molecular weight excluding hydrogens is 266 g/mol. The zero-order valence-electron chi connectivity index (χ0n) is 11.0. The van der Waals surface area contributed by atoms with Crippen LogP contribution in [0.3, 0.4) is 0 Å². The lowest BCUT2D eigenvalue weighted by Gasteiger charge is -2.41. The normalized spacial score (nSPS) is 18.6. The summed E-state index contributed by atoms with van der Waals surface area (Å²) < 4.78 is 5.54. The lowest BCUT2D eigenvalue weighted by molar-refractivity contribution is -0.385. The predicted octanol–water partition coefficient (Wildman–Crippen LogP) is 3.70. The average molecular weight is 284 g/mol. The molecule has 1 aromatic rings. The first-order valence-corrected chi connectivity index (χ1v) is 6.91. The fourth-order valence-corrected chi connectivity index (χ4v) is 3.09. The second kappa shape index (κ2) is 5.88. The van der Waals surface area contributed by atoms with E-state index in [4.69, 9.17) is 16.3 Å². The number of ether oxygens (including phenoxy) is 1. The van der Waals surface area contributed by atoms with Crippen LogP contribution >= 0.6 is 11.6 Å². The van der Waals surface area contributed by atoms with Gasteiger partial charge in [0, 0.05) is 24.1 Å². The first-order chi connectivity index (χ1) is 9.06. The Bertz CT molecular complexity index is 454. The Labute approximate surface area is 117 Å². The van der Waals surface area contributed by atoms with Gasteiger partial charge in [-0.05, 0) is 32.1 Å². The summed E-state index contributed by atoms with van der Waals surface area (Å²) in [5.74, 6) is 0. The highest BCUT2D eigenvalue weighted by atomic mass is 35.5. The molecule has 1 aliphatic rings. The summed E-state index contributed by atoms with van der Waals surface area (Å²) in [6.45, 7) is 0. The van der Waals surface area contributed by atoms with Gasteiger partial charge in [0.1, 0.15) is 0 Å². The lowest BCUT2D eigenvalue weighted by Crippen LogP contribution is -2.41. The van der Waals surface area contributed by atoms with Gasteiger partial charge in [-0.1, -0.05) is 18.2 Å². The molecule has 1 atom stereocenters. The molecule has 0 spiro atoms. The summed E-state index contributed by atoms with van der Waals surface area (Å²) in [7, 11) is 1.72. The second-order valence-electron chi connectivity index (χ2n) is 5.13. The van der Waals surface area contributed by atoms with Crippen LogP contribution in [0.2, 0.25) is 0 Å². The van der Waals surface area contributed by atoms with E-state index in [1.807, 2.05) is 0 Å². The van der Waals surface area contributed by atoms with Crippen LogP contribution in [0.4, 0.5) is 5.69 Å². The molecule has 5 heteroatoms. The van der Waals surface area contributed by atoms with Crippen molar-refractivity contribution in [2.45, 2.75) is 43.1 Å². The highest BCUT2D eigenvalue weighted by molar-refractivity contribution is 6.20. The van der Waals surface area contributed by atoms with Gasteiger partial charge >= 0.3 is 0 Å². The summed E-state index contributed by atoms with van der Waals surface area (Å²) >= 11 is 6.37. The average Bonchev–Trinajstić information content (AvgIpc) is 2.34. The third kappa shape index (κ3) is 3.25. The van der Waals surface area contributed by atoms with Crippen LogP contribution in [0.5, 0.6) is 0 Å². The maximum absolute atomic E-state index is 10.9. The molecule has 0 heterocycles. The third-order valence-corrected chi connectivity index (χ3v) is 4.23. The van der Waals surface area contributed by atoms with E-state index in [0.29, 0.717) is 12.0 Å². The number of benzene rings is 1. The van der Waals surface area contributed by atoms with E-state index in [0.717, 1.165) is 19.3 Å². The van der Waals surface area contributed by atoms with Crippen molar-refractivity contribution in [3.63, 3.8) is 0 Å². The molecule has 1 fully saturated rings. The molecule has 1 unspecified atom stereocenters. The van der Waals surface area contributed by atoms with Crippen LogP contribution in [0.1, 0.15) is 31.2 Å². The first-order valence-electron chi connectivity index (χ1n) is 6.48. The minimum absolute atomic E-state index is 0.101. The topological polar surface area (TPSA) is 52.4 Å². The number of alkyl halides is 1. The zero-order valence-corrected chi connectivity index (χ0v) is 11.7. The van der Waals surface area contributed by atoms with E-state index in [9.17, 15) is 10.1 Å². The van der Waals surface area contributed by atoms with E-state index in [1.54, 1.807) is 25.3 Å². The third-order valence-electron chi connectivity index (χ3n) is 3.92. The van der Waals surface area contributed by atoms with Crippen LogP contribution in [0.15, 0.2) is 24.3 Å². The number of rotatable bonds is 6. The van der Waals surface area contributed by atoms with Crippen molar-refractivity contribution in [1.82, 2.24) is 0 Å². The quantitative estimate of drug-likeness (QED) is 0.454. The molecule has 104 valence electrons. The standard InChI is InChI=1S/C14H18ClNO3/c1-19-14(7-4-8-14)10-12(15)9-11-5-2-3-6-13(11)16(17)18/h2-3,5-6,12H,4,7-10H2,1H3. The molecule has 0 radical (unpaired) electrons. The Kier molecular flexibility index (Phi) is 4.42. The number of nitro benzene ring substituents is 1. The minimum atomic E-state index is -0.353. The van der Waals surface area contributed by atoms with Crippen LogP contribution in [0.25, 0.3) is 0 Å². The fraction of sp³-hybridized carbons (Fsp3) is 0.571. The van der Waals surface area contributed by atoms with E-state index < -0.39 is 0 Å². The van der Waals surface area contributed by atoms with Gasteiger partial charge in [-0.2, -0.15) is 0 Å². The molecule has 0 aliphatic heterocycles. The SMILES string of the molecule is COC1(CC(Cl)Cc2ccccc2[N+](=O)[O-])CCC1. The molecular formula is C14H18ClNO3. The van der Waals surface area contributed by atoms with Crippen molar-refractivity contribution >= 4 is 17.3 Å². The van der Waals surface area contributed by atoms with Crippen molar-refractivity contribution < 1.29 is 9.66 Å². The molecule has 0 saturated heterocycles. The largest absolute Gasteiger partial charge is 0.378 e. The fourth-order valence-electron chi connectivity index (χ4n) is 2.64. The van der Waals surface area contributed by atoms with Gasteiger partial charge in [0.25, 0.3) is 5.69 Å². The molecule has 0 bridgehead atoms. The monoisotopic (exact) mass is 283 g/mol. The Hall–Kier alpha value is -1.13. The molecule has 2 rings (SSSR count). The van der Waals surface area contributed by atoms with E-state index >= 15 is 0 Å². The molecule has 1 aromatic carbocycles. The minimum Gasteiger partial charge on any atom is -0.378 e. The molecule has 0 N–H and O–H groups in total. The number of hydrogen-bond donors (Lipinski definition) is 0. The number of hydrogen-bond acceptors (Lipinski definition) is 3. The van der Waals surface area contributed by atoms with Crippen molar-refractivity contribution in [3.05, 3.63) is 39.9 Å². The van der Waals surface area contributed by atoms with E-state index in [2.05, 4.69) is 0 Å². The number of nitrogens with zero attached hydrogens (tertiary/aromatic N) is 1. The zero-order chi connectivity index (χ0) is 13.9. The molecule has 0 amide bonds. The smallest absolute Gasteiger partial charge is 0.272 e. The van der Waals surface area contributed by atoms with E-state index in [-0.39, 0.29) is 21.6 Å².